The molecule has 124 valence electrons. The van der Waals surface area contributed by atoms with Crippen LogP contribution < -0.4 is 5.73 Å². The Morgan fingerprint density at radius 2 is 2.22 bits per heavy atom. The van der Waals surface area contributed by atoms with E-state index in [9.17, 15) is 4.79 Å². The van der Waals surface area contributed by atoms with Gasteiger partial charge in [0.15, 0.2) is 11.7 Å². The molecule has 0 aliphatic carbocycles. The molecule has 1 aliphatic heterocycles. The maximum Gasteiger partial charge on any atom is 0.292 e. The van der Waals surface area contributed by atoms with Gasteiger partial charge in [-0.1, -0.05) is 6.92 Å². The van der Waals surface area contributed by atoms with E-state index in [1.165, 1.54) is 4.68 Å². The van der Waals surface area contributed by atoms with E-state index in [4.69, 9.17) is 10.2 Å². The number of carbonyl (C=O) groups excluding carboxylic acids is 1. The average Bonchev–Trinajstić information content (AvgIpc) is 3.19. The highest BCUT2D eigenvalue weighted by molar-refractivity contribution is 5.92. The number of aromatic nitrogens is 4. The number of nitrogens with zero attached hydrogens (tertiary/aromatic N) is 5. The van der Waals surface area contributed by atoms with Crippen molar-refractivity contribution < 1.29 is 9.21 Å². The van der Waals surface area contributed by atoms with Gasteiger partial charge in [-0.05, 0) is 26.2 Å². The van der Waals surface area contributed by atoms with Gasteiger partial charge in [-0.15, -0.1) is 0 Å². The Kier molecular flexibility index (Phi) is 4.06. The monoisotopic (exact) mass is 318 g/mol. The second-order valence-corrected chi connectivity index (χ2v) is 5.88. The summed E-state index contributed by atoms with van der Waals surface area (Å²) < 4.78 is 7.19. The molecule has 0 saturated carbocycles. The summed E-state index contributed by atoms with van der Waals surface area (Å²) in [5.74, 6) is 1.72. The number of nitrogen functional groups attached to an aromatic ring is 1. The number of hydrogen-bond acceptors (Lipinski definition) is 6. The lowest BCUT2D eigenvalue weighted by Crippen LogP contribution is -2.31. The molecule has 0 bridgehead atoms. The summed E-state index contributed by atoms with van der Waals surface area (Å²) in [5, 5.41) is 4.32. The summed E-state index contributed by atoms with van der Waals surface area (Å²) in [4.78, 5) is 23.2. The van der Waals surface area contributed by atoms with E-state index >= 15 is 0 Å². The molecule has 0 aromatic carbocycles. The SMILES string of the molecule is CCCc1nc(C)c(C(=O)N2CCCC2c2nc(N)n(C)n2)o1. The average molecular weight is 318 g/mol. The Morgan fingerprint density at radius 1 is 1.43 bits per heavy atom. The summed E-state index contributed by atoms with van der Waals surface area (Å²) in [7, 11) is 1.74. The van der Waals surface area contributed by atoms with Crippen LogP contribution in [0, 0.1) is 6.92 Å². The van der Waals surface area contributed by atoms with Crippen LogP contribution >= 0.6 is 0 Å². The molecule has 0 radical (unpaired) electrons. The lowest BCUT2D eigenvalue weighted by molar-refractivity contribution is 0.0694. The standard InChI is InChI=1S/C15H22N6O2/c1-4-6-11-17-9(2)12(23-11)14(22)21-8-5-7-10(21)13-18-15(16)20(3)19-13/h10H,4-8H2,1-3H3,(H2,16,18,19). The zero-order valence-corrected chi connectivity index (χ0v) is 13.7. The predicted molar refractivity (Wildman–Crippen MR) is 83.7 cm³/mol. The van der Waals surface area contributed by atoms with E-state index < -0.39 is 0 Å². The second kappa shape index (κ2) is 6.02. The first-order valence-electron chi connectivity index (χ1n) is 7.95. The predicted octanol–water partition coefficient (Wildman–Crippen LogP) is 1.62. The molecule has 8 heteroatoms. The zero-order valence-electron chi connectivity index (χ0n) is 13.7. The van der Waals surface area contributed by atoms with Gasteiger partial charge in [0.25, 0.3) is 5.91 Å². The summed E-state index contributed by atoms with van der Waals surface area (Å²) in [6.07, 6.45) is 3.39. The van der Waals surface area contributed by atoms with Crippen molar-refractivity contribution >= 4 is 11.9 Å². The lowest BCUT2D eigenvalue weighted by atomic mass is 10.2. The van der Waals surface area contributed by atoms with Crippen molar-refractivity contribution in [1.82, 2.24) is 24.6 Å². The number of oxazole rings is 1. The van der Waals surface area contributed by atoms with Crippen molar-refractivity contribution in [1.29, 1.82) is 0 Å². The smallest absolute Gasteiger partial charge is 0.292 e. The van der Waals surface area contributed by atoms with Gasteiger partial charge in [0.05, 0.1) is 11.7 Å². The van der Waals surface area contributed by atoms with Gasteiger partial charge >= 0.3 is 0 Å². The fourth-order valence-electron chi connectivity index (χ4n) is 2.94. The first-order chi connectivity index (χ1) is 11.0. The molecule has 8 nitrogen and oxygen atoms in total. The number of likely N-dealkylation sites (tertiary alicyclic amines) is 1. The highest BCUT2D eigenvalue weighted by Crippen LogP contribution is 2.32. The van der Waals surface area contributed by atoms with Crippen LogP contribution in [-0.4, -0.2) is 37.1 Å². The molecule has 0 spiro atoms. The van der Waals surface area contributed by atoms with Gasteiger partial charge in [-0.2, -0.15) is 10.1 Å². The number of rotatable bonds is 4. The summed E-state index contributed by atoms with van der Waals surface area (Å²) in [6, 6.07) is -0.162. The van der Waals surface area contributed by atoms with Gasteiger partial charge in [0.2, 0.25) is 11.7 Å². The van der Waals surface area contributed by atoms with E-state index in [0.717, 1.165) is 25.7 Å². The van der Waals surface area contributed by atoms with Gasteiger partial charge < -0.3 is 15.1 Å². The van der Waals surface area contributed by atoms with Crippen molar-refractivity contribution in [2.45, 2.75) is 45.6 Å². The Hall–Kier alpha value is -2.38. The molecular formula is C15H22N6O2. The van der Waals surface area contributed by atoms with Crippen LogP contribution in [-0.2, 0) is 13.5 Å². The molecule has 1 atom stereocenters. The number of amides is 1. The minimum Gasteiger partial charge on any atom is -0.435 e. The van der Waals surface area contributed by atoms with Crippen molar-refractivity contribution in [3.05, 3.63) is 23.2 Å². The second-order valence-electron chi connectivity index (χ2n) is 5.88. The molecule has 1 unspecified atom stereocenters. The van der Waals surface area contributed by atoms with E-state index in [-0.39, 0.29) is 11.9 Å². The maximum atomic E-state index is 12.9. The first kappa shape index (κ1) is 15.5. The molecule has 1 saturated heterocycles. The molecular weight excluding hydrogens is 296 g/mol. The van der Waals surface area contributed by atoms with Crippen molar-refractivity contribution in [2.24, 2.45) is 7.05 Å². The highest BCUT2D eigenvalue weighted by Gasteiger charge is 2.35. The Morgan fingerprint density at radius 3 is 2.87 bits per heavy atom. The molecule has 1 fully saturated rings. The van der Waals surface area contributed by atoms with Crippen LogP contribution in [0.5, 0.6) is 0 Å². The van der Waals surface area contributed by atoms with E-state index in [1.54, 1.807) is 18.9 Å². The van der Waals surface area contributed by atoms with Gasteiger partial charge in [0.1, 0.15) is 0 Å². The quantitative estimate of drug-likeness (QED) is 0.919. The molecule has 2 aromatic rings. The Bertz CT molecular complexity index is 700. The summed E-state index contributed by atoms with van der Waals surface area (Å²) >= 11 is 0. The fraction of sp³-hybridized carbons (Fsp3) is 0.600. The van der Waals surface area contributed by atoms with E-state index in [0.29, 0.717) is 35.7 Å². The molecule has 23 heavy (non-hydrogen) atoms. The molecule has 1 amide bonds. The summed E-state index contributed by atoms with van der Waals surface area (Å²) in [6.45, 7) is 4.51. The van der Waals surface area contributed by atoms with Crippen molar-refractivity contribution in [3.63, 3.8) is 0 Å². The van der Waals surface area contributed by atoms with Crippen LogP contribution in [0.3, 0.4) is 0 Å². The number of hydrogen-bond donors (Lipinski definition) is 1. The third-order valence-electron chi connectivity index (χ3n) is 4.12. The van der Waals surface area contributed by atoms with Gasteiger partial charge in [0, 0.05) is 20.0 Å². The third-order valence-corrected chi connectivity index (χ3v) is 4.12. The highest BCUT2D eigenvalue weighted by atomic mass is 16.4. The lowest BCUT2D eigenvalue weighted by Gasteiger charge is -2.21. The van der Waals surface area contributed by atoms with Crippen molar-refractivity contribution in [3.8, 4) is 0 Å². The summed E-state index contributed by atoms with van der Waals surface area (Å²) in [5.41, 5.74) is 6.40. The number of aryl methyl sites for hydroxylation is 3. The van der Waals surface area contributed by atoms with Crippen LogP contribution in [0.25, 0.3) is 0 Å². The number of nitrogens with two attached hydrogens (primary N) is 1. The molecule has 2 aromatic heterocycles. The fourth-order valence-corrected chi connectivity index (χ4v) is 2.94. The van der Waals surface area contributed by atoms with Crippen LogP contribution in [0.2, 0.25) is 0 Å². The van der Waals surface area contributed by atoms with Crippen molar-refractivity contribution in [2.75, 3.05) is 12.3 Å². The molecule has 2 N–H and O–H groups in total. The maximum absolute atomic E-state index is 12.9. The third kappa shape index (κ3) is 2.80. The topological polar surface area (TPSA) is 103 Å². The van der Waals surface area contributed by atoms with E-state index in [1.807, 2.05) is 0 Å². The number of carbonyl (C=O) groups is 1. The van der Waals surface area contributed by atoms with Crippen LogP contribution in [0.1, 0.15) is 60.2 Å². The van der Waals surface area contributed by atoms with Crippen LogP contribution in [0.15, 0.2) is 4.42 Å². The first-order valence-corrected chi connectivity index (χ1v) is 7.95. The van der Waals surface area contributed by atoms with E-state index in [2.05, 4.69) is 22.0 Å². The largest absolute Gasteiger partial charge is 0.435 e. The molecule has 1 aliphatic rings. The molecule has 3 heterocycles. The Labute approximate surface area is 134 Å². The van der Waals surface area contributed by atoms with Crippen LogP contribution in [0.4, 0.5) is 5.95 Å². The minimum atomic E-state index is -0.162. The number of anilines is 1. The zero-order chi connectivity index (χ0) is 16.6. The Balaban J connectivity index is 1.86. The van der Waals surface area contributed by atoms with Gasteiger partial charge in [-0.25, -0.2) is 9.67 Å². The van der Waals surface area contributed by atoms with Gasteiger partial charge in [-0.3, -0.25) is 4.79 Å². The minimum absolute atomic E-state index is 0.147. The molecule has 3 rings (SSSR count). The normalized spacial score (nSPS) is 17.9.